The molecule has 1 aliphatic carbocycles. The zero-order chi connectivity index (χ0) is 18.1. The highest BCUT2D eigenvalue weighted by Gasteiger charge is 2.25. The summed E-state index contributed by atoms with van der Waals surface area (Å²) in [6.45, 7) is 1.87. The lowest BCUT2D eigenvalue weighted by Gasteiger charge is -2.04. The molecule has 26 heavy (non-hydrogen) atoms. The molecule has 0 saturated heterocycles. The summed E-state index contributed by atoms with van der Waals surface area (Å²) in [6, 6.07) is 5.29. The van der Waals surface area contributed by atoms with Crippen molar-refractivity contribution in [1.82, 2.24) is 29.3 Å². The molecule has 0 radical (unpaired) electrons. The van der Waals surface area contributed by atoms with E-state index >= 15 is 0 Å². The highest BCUT2D eigenvalue weighted by molar-refractivity contribution is 5.93. The van der Waals surface area contributed by atoms with Gasteiger partial charge in [0.05, 0.1) is 23.7 Å². The number of nitrogens with zero attached hydrogens (tertiary/aromatic N) is 6. The minimum atomic E-state index is -0.408. The monoisotopic (exact) mass is 356 g/mol. The van der Waals surface area contributed by atoms with Crippen molar-refractivity contribution in [3.8, 4) is 0 Å². The first kappa shape index (κ1) is 16.5. The molecule has 2 aromatic heterocycles. The van der Waals surface area contributed by atoms with E-state index in [4.69, 9.17) is 4.74 Å². The lowest BCUT2D eigenvalue weighted by molar-refractivity contribution is 0.0601. The van der Waals surface area contributed by atoms with E-state index in [0.29, 0.717) is 31.0 Å². The molecule has 3 aromatic rings. The van der Waals surface area contributed by atoms with Crippen molar-refractivity contribution < 1.29 is 9.53 Å². The van der Waals surface area contributed by atoms with Gasteiger partial charge in [0.25, 0.3) is 0 Å². The highest BCUT2D eigenvalue weighted by atomic mass is 16.5. The second-order valence-corrected chi connectivity index (χ2v) is 6.61. The minimum Gasteiger partial charge on any atom is -0.465 e. The van der Waals surface area contributed by atoms with Crippen LogP contribution >= 0.6 is 0 Å². The molecule has 0 N–H and O–H groups in total. The number of imidazole rings is 1. The molecule has 0 atom stereocenters. The van der Waals surface area contributed by atoms with Gasteiger partial charge in [-0.25, -0.2) is 14.3 Å². The van der Waals surface area contributed by atoms with Crippen LogP contribution < -0.4 is 5.69 Å². The van der Waals surface area contributed by atoms with Crippen molar-refractivity contribution in [2.24, 2.45) is 5.92 Å². The van der Waals surface area contributed by atoms with Crippen LogP contribution in [0.2, 0.25) is 0 Å². The van der Waals surface area contributed by atoms with E-state index < -0.39 is 5.97 Å². The van der Waals surface area contributed by atoms with Gasteiger partial charge in [-0.2, -0.15) is 0 Å². The van der Waals surface area contributed by atoms with E-state index in [-0.39, 0.29) is 5.69 Å². The Balaban J connectivity index is 1.68. The number of ether oxygens (including phenoxy) is 1. The van der Waals surface area contributed by atoms with Gasteiger partial charge in [0.1, 0.15) is 6.33 Å². The van der Waals surface area contributed by atoms with Gasteiger partial charge >= 0.3 is 11.7 Å². The van der Waals surface area contributed by atoms with Gasteiger partial charge in [0.15, 0.2) is 0 Å². The summed E-state index contributed by atoms with van der Waals surface area (Å²) in [5, 5.41) is 11.1. The first-order valence-electron chi connectivity index (χ1n) is 8.69. The van der Waals surface area contributed by atoms with Crippen LogP contribution in [0.15, 0.2) is 29.3 Å². The number of carbonyl (C=O) groups is 1. The maximum Gasteiger partial charge on any atom is 0.337 e. The molecule has 1 aromatic carbocycles. The maximum atomic E-state index is 13.0. The lowest BCUT2D eigenvalue weighted by Crippen LogP contribution is -2.25. The van der Waals surface area contributed by atoms with Crippen molar-refractivity contribution in [3.63, 3.8) is 0 Å². The molecule has 1 aliphatic rings. The maximum absolute atomic E-state index is 13.0. The number of aryl methyl sites for hydroxylation is 2. The Hall–Kier alpha value is -2.97. The van der Waals surface area contributed by atoms with E-state index in [1.165, 1.54) is 20.0 Å². The van der Waals surface area contributed by atoms with Crippen molar-refractivity contribution in [2.45, 2.75) is 38.9 Å². The number of benzene rings is 1. The van der Waals surface area contributed by atoms with Crippen LogP contribution in [0.25, 0.3) is 11.0 Å². The predicted molar refractivity (Wildman–Crippen MR) is 92.7 cm³/mol. The van der Waals surface area contributed by atoms with Crippen LogP contribution in [-0.2, 0) is 24.4 Å². The Morgan fingerprint density at radius 2 is 2.08 bits per heavy atom. The first-order valence-corrected chi connectivity index (χ1v) is 8.69. The van der Waals surface area contributed by atoms with E-state index in [2.05, 4.69) is 15.5 Å². The zero-order valence-electron chi connectivity index (χ0n) is 14.5. The van der Waals surface area contributed by atoms with Crippen molar-refractivity contribution in [3.05, 3.63) is 40.6 Å². The predicted octanol–water partition coefficient (Wildman–Crippen LogP) is 1.08. The number of esters is 1. The summed E-state index contributed by atoms with van der Waals surface area (Å²) in [7, 11) is 1.35. The van der Waals surface area contributed by atoms with Gasteiger partial charge in [-0.3, -0.25) is 9.13 Å². The molecule has 1 saturated carbocycles. The molecular formula is C17H20N6O3. The van der Waals surface area contributed by atoms with Crippen LogP contribution in [0, 0.1) is 5.92 Å². The molecule has 0 spiro atoms. The van der Waals surface area contributed by atoms with Gasteiger partial charge in [-0.1, -0.05) is 0 Å². The number of methoxy groups -OCH3 is 1. The number of fused-ring (bicyclic) bond motifs is 1. The van der Waals surface area contributed by atoms with Crippen LogP contribution in [-0.4, -0.2) is 42.4 Å². The molecule has 0 bridgehead atoms. The third-order valence-corrected chi connectivity index (χ3v) is 4.74. The number of tetrazole rings is 1. The Labute approximate surface area is 149 Å². The van der Waals surface area contributed by atoms with Gasteiger partial charge in [-0.15, -0.1) is 5.10 Å². The van der Waals surface area contributed by atoms with E-state index in [0.717, 1.165) is 17.6 Å². The third kappa shape index (κ3) is 3.12. The van der Waals surface area contributed by atoms with Gasteiger partial charge in [0.2, 0.25) is 0 Å². The topological polar surface area (TPSA) is 96.8 Å². The van der Waals surface area contributed by atoms with Gasteiger partial charge < -0.3 is 4.74 Å². The van der Waals surface area contributed by atoms with E-state index in [1.807, 2.05) is 10.6 Å². The normalized spacial score (nSPS) is 14.0. The average molecular weight is 356 g/mol. The summed E-state index contributed by atoms with van der Waals surface area (Å²) >= 11 is 0. The summed E-state index contributed by atoms with van der Waals surface area (Å²) < 4.78 is 10.00. The Morgan fingerprint density at radius 1 is 1.23 bits per heavy atom. The van der Waals surface area contributed by atoms with Crippen molar-refractivity contribution in [2.75, 3.05) is 7.11 Å². The number of aromatic nitrogens is 6. The average Bonchev–Trinajstić information content (AvgIpc) is 3.26. The molecule has 9 heteroatoms. The largest absolute Gasteiger partial charge is 0.465 e. The molecule has 0 aliphatic heterocycles. The van der Waals surface area contributed by atoms with E-state index in [1.54, 1.807) is 27.7 Å². The Bertz CT molecular complexity index is 984. The fourth-order valence-corrected chi connectivity index (χ4v) is 3.19. The number of rotatable bonds is 7. The molecule has 1 fully saturated rings. The third-order valence-electron chi connectivity index (χ3n) is 4.74. The van der Waals surface area contributed by atoms with Crippen LogP contribution in [0.5, 0.6) is 0 Å². The Kier molecular flexibility index (Phi) is 4.27. The Morgan fingerprint density at radius 3 is 2.77 bits per heavy atom. The number of hydrogen-bond donors (Lipinski definition) is 0. The fraction of sp³-hybridized carbons (Fsp3) is 0.471. The highest BCUT2D eigenvalue weighted by Crippen LogP contribution is 2.31. The molecular weight excluding hydrogens is 336 g/mol. The standard InChI is InChI=1S/C17H20N6O3/c1-26-16(24)13-5-6-14-15(9-13)22(8-2-7-21-11-18-19-20-21)17(25)23(14)10-12-3-4-12/h5-6,9,11-12H,2-4,7-8,10H2,1H3. The molecule has 0 unspecified atom stereocenters. The lowest BCUT2D eigenvalue weighted by atomic mass is 10.2. The second-order valence-electron chi connectivity index (χ2n) is 6.61. The second kappa shape index (κ2) is 6.74. The van der Waals surface area contributed by atoms with Gasteiger partial charge in [0, 0.05) is 19.6 Å². The zero-order valence-corrected chi connectivity index (χ0v) is 14.5. The van der Waals surface area contributed by atoms with Crippen molar-refractivity contribution >= 4 is 17.0 Å². The SMILES string of the molecule is COC(=O)c1ccc2c(c1)n(CCCn1cnnn1)c(=O)n2CC1CC1. The molecule has 136 valence electrons. The summed E-state index contributed by atoms with van der Waals surface area (Å²) in [5.41, 5.74) is 2.02. The fourth-order valence-electron chi connectivity index (χ4n) is 3.19. The number of carbonyl (C=O) groups excluding carboxylic acids is 1. The smallest absolute Gasteiger partial charge is 0.337 e. The van der Waals surface area contributed by atoms with Gasteiger partial charge in [-0.05, 0) is 53.8 Å². The first-order chi connectivity index (χ1) is 12.7. The molecule has 0 amide bonds. The molecule has 2 heterocycles. The quantitative estimate of drug-likeness (QED) is 0.588. The van der Waals surface area contributed by atoms with Crippen LogP contribution in [0.1, 0.15) is 29.6 Å². The summed E-state index contributed by atoms with van der Waals surface area (Å²) in [5.74, 6) is 0.169. The summed E-state index contributed by atoms with van der Waals surface area (Å²) in [4.78, 5) is 24.8. The number of hydrogen-bond acceptors (Lipinski definition) is 6. The summed E-state index contributed by atoms with van der Waals surface area (Å²) in [6.07, 6.45) is 4.59. The van der Waals surface area contributed by atoms with Crippen LogP contribution in [0.4, 0.5) is 0 Å². The molecule has 9 nitrogen and oxygen atoms in total. The van der Waals surface area contributed by atoms with Crippen molar-refractivity contribution in [1.29, 1.82) is 0 Å². The van der Waals surface area contributed by atoms with Crippen LogP contribution in [0.3, 0.4) is 0 Å². The van der Waals surface area contributed by atoms with E-state index in [9.17, 15) is 9.59 Å². The molecule has 4 rings (SSSR count). The minimum absolute atomic E-state index is 0.0365.